The van der Waals surface area contributed by atoms with Crippen molar-refractivity contribution in [2.45, 2.75) is 6.42 Å². The molecule has 0 radical (unpaired) electrons. The fourth-order valence-corrected chi connectivity index (χ4v) is 2.24. The zero-order chi connectivity index (χ0) is 8.55. The van der Waals surface area contributed by atoms with Crippen LogP contribution in [0.4, 0.5) is 0 Å². The average molecular weight is 181 g/mol. The van der Waals surface area contributed by atoms with Crippen LogP contribution in [-0.4, -0.2) is 23.8 Å². The van der Waals surface area contributed by atoms with E-state index in [0.29, 0.717) is 12.1 Å². The fraction of sp³-hybridized carbons (Fsp3) is 0.250. The minimum Gasteiger partial charge on any atom is -0.478 e. The summed E-state index contributed by atoms with van der Waals surface area (Å²) in [6.45, 7) is 0.712. The minimum atomic E-state index is -0.831. The normalized spacial score (nSPS) is 14.3. The number of hydrogen-bond donors (Lipinski definition) is 1. The molecule has 1 aliphatic rings. The van der Waals surface area contributed by atoms with Gasteiger partial charge in [0.15, 0.2) is 0 Å². The van der Waals surface area contributed by atoms with Gasteiger partial charge in [-0.25, -0.2) is 4.79 Å². The van der Waals surface area contributed by atoms with Gasteiger partial charge < -0.3 is 5.11 Å². The van der Waals surface area contributed by atoms with Gasteiger partial charge in [-0.15, -0.1) is 11.3 Å². The van der Waals surface area contributed by atoms with Crippen molar-refractivity contribution >= 4 is 23.5 Å². The Hall–Kier alpha value is -1.16. The first-order valence-electron chi connectivity index (χ1n) is 3.62. The third kappa shape index (κ3) is 1.04. The Morgan fingerprint density at radius 3 is 3.25 bits per heavy atom. The summed E-state index contributed by atoms with van der Waals surface area (Å²) in [6.07, 6.45) is 2.52. The fourth-order valence-electron chi connectivity index (χ4n) is 1.27. The van der Waals surface area contributed by atoms with Crippen molar-refractivity contribution in [3.05, 3.63) is 21.4 Å². The lowest BCUT2D eigenvalue weighted by atomic mass is 10.1. The topological polar surface area (TPSA) is 49.7 Å². The Morgan fingerprint density at radius 1 is 1.67 bits per heavy atom. The van der Waals surface area contributed by atoms with Crippen molar-refractivity contribution in [3.8, 4) is 0 Å². The molecule has 12 heavy (non-hydrogen) atoms. The third-order valence-electron chi connectivity index (χ3n) is 1.86. The van der Waals surface area contributed by atoms with Crippen LogP contribution >= 0.6 is 11.3 Å². The molecule has 0 atom stereocenters. The molecule has 2 rings (SSSR count). The van der Waals surface area contributed by atoms with Crippen LogP contribution in [0.1, 0.15) is 20.8 Å². The second-order valence-corrected chi connectivity index (χ2v) is 3.49. The van der Waals surface area contributed by atoms with Gasteiger partial charge in [0, 0.05) is 23.0 Å². The zero-order valence-corrected chi connectivity index (χ0v) is 7.10. The van der Waals surface area contributed by atoms with Gasteiger partial charge in [-0.05, 0) is 12.0 Å². The highest BCUT2D eigenvalue weighted by atomic mass is 32.1. The molecular formula is C8H7NO2S. The number of nitrogens with zero attached hydrogens (tertiary/aromatic N) is 1. The molecule has 3 nitrogen and oxygen atoms in total. The van der Waals surface area contributed by atoms with Crippen molar-refractivity contribution in [1.82, 2.24) is 0 Å². The number of hydrogen-bond acceptors (Lipinski definition) is 3. The highest BCUT2D eigenvalue weighted by Gasteiger charge is 2.17. The van der Waals surface area contributed by atoms with Crippen LogP contribution in [0.2, 0.25) is 0 Å². The number of rotatable bonds is 1. The number of fused-ring (bicyclic) bond motifs is 1. The molecular weight excluding hydrogens is 174 g/mol. The van der Waals surface area contributed by atoms with Crippen molar-refractivity contribution in [3.63, 3.8) is 0 Å². The van der Waals surface area contributed by atoms with Gasteiger partial charge in [-0.2, -0.15) is 0 Å². The number of thiophene rings is 1. The molecule has 1 N–H and O–H groups in total. The molecule has 2 heterocycles. The summed E-state index contributed by atoms with van der Waals surface area (Å²) in [5.74, 6) is -0.831. The summed E-state index contributed by atoms with van der Waals surface area (Å²) in [7, 11) is 0. The molecule has 0 bridgehead atoms. The second kappa shape index (κ2) is 2.71. The van der Waals surface area contributed by atoms with Gasteiger partial charge >= 0.3 is 5.97 Å². The Balaban J connectivity index is 2.53. The number of carboxylic acids is 1. The van der Waals surface area contributed by atoms with Crippen LogP contribution in [0.15, 0.2) is 10.4 Å². The minimum absolute atomic E-state index is 0.446. The van der Waals surface area contributed by atoms with Gasteiger partial charge in [-0.1, -0.05) is 0 Å². The molecule has 1 aliphatic heterocycles. The van der Waals surface area contributed by atoms with Crippen LogP contribution in [0.25, 0.3) is 0 Å². The predicted molar refractivity (Wildman–Crippen MR) is 47.4 cm³/mol. The van der Waals surface area contributed by atoms with Crippen LogP contribution in [-0.2, 0) is 6.42 Å². The van der Waals surface area contributed by atoms with Gasteiger partial charge in [0.2, 0.25) is 0 Å². The number of carbonyl (C=O) groups is 1. The maximum absolute atomic E-state index is 10.7. The van der Waals surface area contributed by atoms with E-state index in [0.717, 1.165) is 16.9 Å². The highest BCUT2D eigenvalue weighted by Crippen LogP contribution is 2.23. The Morgan fingerprint density at radius 2 is 2.50 bits per heavy atom. The van der Waals surface area contributed by atoms with E-state index in [-0.39, 0.29) is 0 Å². The Labute approximate surface area is 73.4 Å². The van der Waals surface area contributed by atoms with E-state index in [4.69, 9.17) is 5.11 Å². The maximum atomic E-state index is 10.7. The first-order chi connectivity index (χ1) is 5.79. The molecule has 1 aromatic heterocycles. The number of aliphatic imine (C=N–C) groups is 1. The molecule has 0 fully saturated rings. The Kier molecular flexibility index (Phi) is 1.69. The van der Waals surface area contributed by atoms with Crippen LogP contribution < -0.4 is 0 Å². The van der Waals surface area contributed by atoms with E-state index in [1.807, 2.05) is 0 Å². The largest absolute Gasteiger partial charge is 0.478 e. The SMILES string of the molecule is O=C(O)c1csc2c1CCN=C2. The molecule has 0 unspecified atom stereocenters. The lowest BCUT2D eigenvalue weighted by Gasteiger charge is -2.04. The lowest BCUT2D eigenvalue weighted by Crippen LogP contribution is -2.05. The summed E-state index contributed by atoms with van der Waals surface area (Å²) in [4.78, 5) is 15.8. The molecule has 62 valence electrons. The van der Waals surface area contributed by atoms with Gasteiger partial charge in [0.25, 0.3) is 0 Å². The van der Waals surface area contributed by atoms with Crippen molar-refractivity contribution < 1.29 is 9.90 Å². The van der Waals surface area contributed by atoms with Crippen LogP contribution in [0.5, 0.6) is 0 Å². The van der Waals surface area contributed by atoms with E-state index in [1.54, 1.807) is 11.6 Å². The van der Waals surface area contributed by atoms with E-state index in [2.05, 4.69) is 4.99 Å². The third-order valence-corrected chi connectivity index (χ3v) is 2.82. The van der Waals surface area contributed by atoms with E-state index in [9.17, 15) is 4.79 Å². The molecule has 0 aliphatic carbocycles. The van der Waals surface area contributed by atoms with Crippen molar-refractivity contribution in [1.29, 1.82) is 0 Å². The lowest BCUT2D eigenvalue weighted by molar-refractivity contribution is 0.0696. The van der Waals surface area contributed by atoms with Gasteiger partial charge in [0.1, 0.15) is 0 Å². The van der Waals surface area contributed by atoms with Crippen molar-refractivity contribution in [2.75, 3.05) is 6.54 Å². The summed E-state index contributed by atoms with van der Waals surface area (Å²) in [6, 6.07) is 0. The monoisotopic (exact) mass is 181 g/mol. The summed E-state index contributed by atoms with van der Waals surface area (Å²) < 4.78 is 0. The molecule has 0 amide bonds. The number of carboxylic acid groups (broad SMARTS) is 1. The van der Waals surface area contributed by atoms with Gasteiger partial charge in [-0.3, -0.25) is 4.99 Å². The van der Waals surface area contributed by atoms with Gasteiger partial charge in [0.05, 0.1) is 5.56 Å². The maximum Gasteiger partial charge on any atom is 0.336 e. The standard InChI is InChI=1S/C8H7NO2S/c10-8(11)6-4-12-7-3-9-2-1-5(6)7/h3-4H,1-2H2,(H,10,11). The highest BCUT2D eigenvalue weighted by molar-refractivity contribution is 7.12. The molecule has 0 spiro atoms. The van der Waals surface area contributed by atoms with Crippen LogP contribution in [0.3, 0.4) is 0 Å². The quantitative estimate of drug-likeness (QED) is 0.712. The second-order valence-electron chi connectivity index (χ2n) is 2.58. The average Bonchev–Trinajstić information content (AvgIpc) is 2.47. The smallest absolute Gasteiger partial charge is 0.336 e. The molecule has 0 saturated carbocycles. The summed E-state index contributed by atoms with van der Waals surface area (Å²) in [5, 5.41) is 10.5. The Bertz CT molecular complexity index is 354. The van der Waals surface area contributed by atoms with E-state index < -0.39 is 5.97 Å². The van der Waals surface area contributed by atoms with Crippen molar-refractivity contribution in [2.24, 2.45) is 4.99 Å². The number of aromatic carboxylic acids is 1. The predicted octanol–water partition coefficient (Wildman–Crippen LogP) is 1.42. The molecule has 1 aromatic rings. The summed E-state index contributed by atoms with van der Waals surface area (Å²) in [5.41, 5.74) is 1.39. The summed E-state index contributed by atoms with van der Waals surface area (Å²) >= 11 is 1.45. The molecule has 0 aromatic carbocycles. The first-order valence-corrected chi connectivity index (χ1v) is 4.50. The molecule has 0 saturated heterocycles. The molecule has 4 heteroatoms. The van der Waals surface area contributed by atoms with E-state index >= 15 is 0 Å². The first kappa shape index (κ1) is 7.49. The zero-order valence-electron chi connectivity index (χ0n) is 6.28. The van der Waals surface area contributed by atoms with Crippen LogP contribution in [0, 0.1) is 0 Å². The van der Waals surface area contributed by atoms with E-state index in [1.165, 1.54) is 11.3 Å².